The topological polar surface area (TPSA) is 64.3 Å². The van der Waals surface area contributed by atoms with Crippen molar-refractivity contribution in [2.45, 2.75) is 13.8 Å². The molecule has 5 heteroatoms. The molecule has 0 atom stereocenters. The maximum atomic E-state index is 12.1. The Bertz CT molecular complexity index is 374. The second-order valence-electron chi connectivity index (χ2n) is 3.64. The molecule has 1 aromatic rings. The van der Waals surface area contributed by atoms with Crippen LogP contribution in [0.25, 0.3) is 0 Å². The van der Waals surface area contributed by atoms with Crippen LogP contribution >= 0.6 is 7.14 Å². The summed E-state index contributed by atoms with van der Waals surface area (Å²) in [6, 6.07) is 7.30. The van der Waals surface area contributed by atoms with E-state index < -0.39 is 7.14 Å². The van der Waals surface area contributed by atoms with E-state index >= 15 is 0 Å². The zero-order valence-corrected chi connectivity index (χ0v) is 10.7. The molecule has 90 valence electrons. The Morgan fingerprint density at radius 1 is 1.38 bits per heavy atom. The highest BCUT2D eigenvalue weighted by Gasteiger charge is 2.17. The van der Waals surface area contributed by atoms with Gasteiger partial charge in [-0.25, -0.2) is 0 Å². The molecule has 1 rings (SSSR count). The van der Waals surface area contributed by atoms with Gasteiger partial charge in [0, 0.05) is 18.4 Å². The van der Waals surface area contributed by atoms with Crippen molar-refractivity contribution >= 4 is 12.8 Å². The normalized spacial score (nSPS) is 11.2. The molecule has 0 bridgehead atoms. The quantitative estimate of drug-likeness (QED) is 0.457. The number of anilines is 1. The molecule has 3 N–H and O–H groups in total. The Hall–Kier alpha value is -0.990. The predicted molar refractivity (Wildman–Crippen MR) is 68.4 cm³/mol. The van der Waals surface area contributed by atoms with Crippen LogP contribution in [0.3, 0.4) is 0 Å². The third-order valence-electron chi connectivity index (χ3n) is 2.62. The van der Waals surface area contributed by atoms with Crippen LogP contribution < -0.4 is 16.0 Å². The molecule has 0 fully saturated rings. The third-order valence-corrected chi connectivity index (χ3v) is 5.52. The Balaban J connectivity index is 2.63. The van der Waals surface area contributed by atoms with Crippen molar-refractivity contribution in [2.24, 2.45) is 5.84 Å². The van der Waals surface area contributed by atoms with Crippen LogP contribution in [0.5, 0.6) is 5.75 Å². The second kappa shape index (κ2) is 5.92. The van der Waals surface area contributed by atoms with Gasteiger partial charge < -0.3 is 14.7 Å². The van der Waals surface area contributed by atoms with Crippen molar-refractivity contribution in [3.8, 4) is 5.75 Å². The minimum atomic E-state index is -2.14. The number of hydrogen-bond acceptors (Lipinski definition) is 4. The largest absolute Gasteiger partial charge is 0.486 e. The van der Waals surface area contributed by atoms with E-state index in [2.05, 4.69) is 5.43 Å². The fourth-order valence-electron chi connectivity index (χ4n) is 1.27. The molecular weight excluding hydrogens is 223 g/mol. The van der Waals surface area contributed by atoms with Crippen LogP contribution in [0.1, 0.15) is 13.8 Å². The molecule has 0 amide bonds. The molecule has 0 saturated carbocycles. The molecule has 0 radical (unpaired) electrons. The molecule has 16 heavy (non-hydrogen) atoms. The summed E-state index contributed by atoms with van der Waals surface area (Å²) in [5.74, 6) is 5.98. The molecule has 4 nitrogen and oxygen atoms in total. The first-order chi connectivity index (χ1) is 7.63. The molecule has 0 heterocycles. The SMILES string of the molecule is CCP(=O)(CC)COc1cccc(NN)c1. The van der Waals surface area contributed by atoms with Crippen LogP contribution in [0.2, 0.25) is 0 Å². The number of benzene rings is 1. The smallest absolute Gasteiger partial charge is 0.141 e. The first-order valence-electron chi connectivity index (χ1n) is 5.40. The summed E-state index contributed by atoms with van der Waals surface area (Å²) in [7, 11) is -2.14. The molecule has 0 spiro atoms. The van der Waals surface area contributed by atoms with Crippen LogP contribution in [-0.2, 0) is 4.57 Å². The number of hydrazine groups is 1. The van der Waals surface area contributed by atoms with Gasteiger partial charge in [0.15, 0.2) is 0 Å². The van der Waals surface area contributed by atoms with Gasteiger partial charge in [-0.1, -0.05) is 19.9 Å². The monoisotopic (exact) mass is 242 g/mol. The van der Waals surface area contributed by atoms with E-state index in [9.17, 15) is 4.57 Å². The molecule has 0 aliphatic heterocycles. The minimum absolute atomic E-state index is 0.300. The zero-order chi connectivity index (χ0) is 12.0. The molecule has 1 aromatic carbocycles. The standard InChI is InChI=1S/C11H19N2O2P/c1-3-16(14,4-2)9-15-11-7-5-6-10(8-11)13-12/h5-8,13H,3-4,9,12H2,1-2H3. The summed E-state index contributed by atoms with van der Waals surface area (Å²) in [5.41, 5.74) is 3.32. The number of nitrogen functional groups attached to an aromatic ring is 1. The fourth-order valence-corrected chi connectivity index (χ4v) is 2.47. The van der Waals surface area contributed by atoms with Gasteiger partial charge in [-0.3, -0.25) is 5.84 Å². The number of nitrogens with one attached hydrogen (secondary N) is 1. The van der Waals surface area contributed by atoms with Crippen LogP contribution in [0, 0.1) is 0 Å². The number of hydrogen-bond donors (Lipinski definition) is 2. The van der Waals surface area contributed by atoms with Gasteiger partial charge in [0.1, 0.15) is 19.2 Å². The first-order valence-corrected chi connectivity index (χ1v) is 7.66. The highest BCUT2D eigenvalue weighted by atomic mass is 31.2. The average molecular weight is 242 g/mol. The molecule has 0 aliphatic carbocycles. The lowest BCUT2D eigenvalue weighted by Crippen LogP contribution is -2.07. The maximum absolute atomic E-state index is 12.1. The molecule has 0 aliphatic rings. The molecular formula is C11H19N2O2P. The van der Waals surface area contributed by atoms with E-state index in [1.165, 1.54) is 0 Å². The van der Waals surface area contributed by atoms with Crippen molar-refractivity contribution in [1.29, 1.82) is 0 Å². The van der Waals surface area contributed by atoms with Gasteiger partial charge in [-0.2, -0.15) is 0 Å². The van der Waals surface area contributed by atoms with E-state index in [0.717, 1.165) is 5.69 Å². The summed E-state index contributed by atoms with van der Waals surface area (Å²) in [4.78, 5) is 0. The van der Waals surface area contributed by atoms with Crippen LogP contribution in [0.15, 0.2) is 24.3 Å². The van der Waals surface area contributed by atoms with Gasteiger partial charge >= 0.3 is 0 Å². The first kappa shape index (κ1) is 13.1. The summed E-state index contributed by atoms with van der Waals surface area (Å²) in [6.07, 6.45) is 1.66. The van der Waals surface area contributed by atoms with Crippen molar-refractivity contribution < 1.29 is 9.30 Å². The molecule has 0 aromatic heterocycles. The van der Waals surface area contributed by atoms with Gasteiger partial charge in [-0.15, -0.1) is 0 Å². The lowest BCUT2D eigenvalue weighted by atomic mass is 10.3. The predicted octanol–water partition coefficient (Wildman–Crippen LogP) is 2.71. The second-order valence-corrected chi connectivity index (χ2v) is 7.28. The third kappa shape index (κ3) is 3.54. The highest BCUT2D eigenvalue weighted by Crippen LogP contribution is 2.44. The fraction of sp³-hybridized carbons (Fsp3) is 0.455. The van der Waals surface area contributed by atoms with Crippen LogP contribution in [0.4, 0.5) is 5.69 Å². The molecule has 0 unspecified atom stereocenters. The van der Waals surface area contributed by atoms with E-state index in [1.54, 1.807) is 6.07 Å². The van der Waals surface area contributed by atoms with E-state index in [1.807, 2.05) is 32.0 Å². The van der Waals surface area contributed by atoms with Crippen molar-refractivity contribution in [2.75, 3.05) is 24.1 Å². The Morgan fingerprint density at radius 2 is 2.06 bits per heavy atom. The van der Waals surface area contributed by atoms with Gasteiger partial charge in [0.25, 0.3) is 0 Å². The summed E-state index contributed by atoms with van der Waals surface area (Å²) in [6.45, 7) is 3.87. The Kier molecular flexibility index (Phi) is 4.84. The van der Waals surface area contributed by atoms with Crippen molar-refractivity contribution in [1.82, 2.24) is 0 Å². The van der Waals surface area contributed by atoms with E-state index in [-0.39, 0.29) is 0 Å². The Labute approximate surface area is 96.5 Å². The van der Waals surface area contributed by atoms with Crippen LogP contribution in [-0.4, -0.2) is 18.7 Å². The van der Waals surface area contributed by atoms with Crippen molar-refractivity contribution in [3.63, 3.8) is 0 Å². The van der Waals surface area contributed by atoms with E-state index in [4.69, 9.17) is 10.6 Å². The molecule has 0 saturated heterocycles. The van der Waals surface area contributed by atoms with Gasteiger partial charge in [-0.05, 0) is 12.1 Å². The number of ether oxygens (including phenoxy) is 1. The van der Waals surface area contributed by atoms with Gasteiger partial charge in [0.2, 0.25) is 0 Å². The van der Waals surface area contributed by atoms with Gasteiger partial charge in [0.05, 0.1) is 5.69 Å². The minimum Gasteiger partial charge on any atom is -0.486 e. The highest BCUT2D eigenvalue weighted by molar-refractivity contribution is 7.63. The maximum Gasteiger partial charge on any atom is 0.141 e. The Morgan fingerprint density at radius 3 is 2.62 bits per heavy atom. The zero-order valence-electron chi connectivity index (χ0n) is 9.77. The van der Waals surface area contributed by atoms with Crippen molar-refractivity contribution in [3.05, 3.63) is 24.3 Å². The lowest BCUT2D eigenvalue weighted by molar-refractivity contribution is 0.376. The van der Waals surface area contributed by atoms with E-state index in [0.29, 0.717) is 24.4 Å². The lowest BCUT2D eigenvalue weighted by Gasteiger charge is -2.15. The number of nitrogens with two attached hydrogens (primary N) is 1. The summed E-state index contributed by atoms with van der Waals surface area (Å²) < 4.78 is 17.6. The number of rotatable bonds is 6. The average Bonchev–Trinajstić information content (AvgIpc) is 2.36. The summed E-state index contributed by atoms with van der Waals surface area (Å²) >= 11 is 0. The summed E-state index contributed by atoms with van der Waals surface area (Å²) in [5, 5.41) is 0.